The van der Waals surface area contributed by atoms with Gasteiger partial charge in [0.15, 0.2) is 18.5 Å². The number of rotatable bonds is 28. The topological polar surface area (TPSA) is 164 Å². The Morgan fingerprint density at radius 2 is 1.12 bits per heavy atom. The molecule has 0 spiro atoms. The molecule has 5 atom stereocenters. The number of unbranched alkanes of at least 4 members (excludes halogenated alkanes) is 10. The van der Waals surface area contributed by atoms with Crippen LogP contribution in [-0.4, -0.2) is 125 Å². The fourth-order valence-corrected chi connectivity index (χ4v) is 6.15. The molecule has 13 nitrogen and oxygen atoms in total. The van der Waals surface area contributed by atoms with Gasteiger partial charge < -0.3 is 38.4 Å². The Morgan fingerprint density at radius 3 is 1.52 bits per heavy atom. The van der Waals surface area contributed by atoms with Crippen LogP contribution < -0.4 is 29.6 Å². The number of carbonyl (C=O) groups excluding carboxylic acids is 2. The third-order valence-corrected chi connectivity index (χ3v) is 8.85. The van der Waals surface area contributed by atoms with E-state index in [4.69, 9.17) is 23.1 Å². The molecule has 1 aliphatic heterocycles. The van der Waals surface area contributed by atoms with Crippen molar-refractivity contribution in [2.45, 2.75) is 147 Å². The fraction of sp³-hybridized carbons (Fsp3) is 0.939. The molecule has 1 fully saturated rings. The molecule has 48 heavy (non-hydrogen) atoms. The number of aliphatic hydroxyl groups is 1. The maximum absolute atomic E-state index is 13.0. The van der Waals surface area contributed by atoms with Gasteiger partial charge in [0.05, 0.1) is 6.61 Å². The van der Waals surface area contributed by atoms with E-state index >= 15 is 0 Å². The summed E-state index contributed by atoms with van der Waals surface area (Å²) in [6, 6.07) is 0. The molecule has 0 aromatic rings. The first-order valence-corrected chi connectivity index (χ1v) is 19.0. The second-order valence-electron chi connectivity index (χ2n) is 12.7. The average molecular weight is 719 g/mol. The Hall–Kier alpha value is -0.390. The number of esters is 2. The Balaban J connectivity index is 0.0000221. The standard InChI is InChI=1S/C33H64N2O11S.Na/c1-6-8-10-12-16-22-34(3)24-18-14-20-28(37)44-31-30(46-47(39,40)41)27(26-36)43-33(42-5)32(31)45-29(38)21-15-19-25-35(4)23-17-13-11-9-7-2;/h27,30-33,36H,6-26H2,1-5H3,(H,39,40,41);/q;+1/p-1/t27-,30-,31+,32-,33+;/m1./s1. The van der Waals surface area contributed by atoms with Crippen molar-refractivity contribution in [1.29, 1.82) is 0 Å². The molecule has 1 rings (SSSR count). The molecular formula is C33H63N2NaO11S. The summed E-state index contributed by atoms with van der Waals surface area (Å²) in [5.74, 6) is -1.32. The number of aliphatic hydroxyl groups excluding tert-OH is 1. The summed E-state index contributed by atoms with van der Waals surface area (Å²) in [6.07, 6.45) is 7.13. The van der Waals surface area contributed by atoms with Crippen LogP contribution in [0.25, 0.3) is 0 Å². The van der Waals surface area contributed by atoms with Crippen LogP contribution in [0, 0.1) is 0 Å². The summed E-state index contributed by atoms with van der Waals surface area (Å²) < 4.78 is 61.7. The van der Waals surface area contributed by atoms with Crippen molar-refractivity contribution in [2.75, 3.05) is 54.0 Å². The molecule has 0 amide bonds. The van der Waals surface area contributed by atoms with Crippen molar-refractivity contribution in [2.24, 2.45) is 0 Å². The van der Waals surface area contributed by atoms with Crippen LogP contribution in [0.2, 0.25) is 0 Å². The van der Waals surface area contributed by atoms with Crippen molar-refractivity contribution in [3.05, 3.63) is 0 Å². The van der Waals surface area contributed by atoms with E-state index < -0.39 is 59.7 Å². The van der Waals surface area contributed by atoms with Gasteiger partial charge in [-0.05, 0) is 78.8 Å². The maximum atomic E-state index is 13.0. The molecule has 0 aliphatic carbocycles. The molecule has 1 aliphatic rings. The minimum Gasteiger partial charge on any atom is -0.726 e. The number of methoxy groups -OCH3 is 1. The molecule has 0 radical (unpaired) electrons. The zero-order valence-electron chi connectivity index (χ0n) is 30.6. The summed E-state index contributed by atoms with van der Waals surface area (Å²) in [6.45, 7) is 7.18. The summed E-state index contributed by atoms with van der Waals surface area (Å²) in [7, 11) is 0.0409. The number of nitrogens with zero attached hydrogens (tertiary/aromatic N) is 2. The van der Waals surface area contributed by atoms with Crippen LogP contribution in [0.3, 0.4) is 0 Å². The molecule has 278 valence electrons. The summed E-state index contributed by atoms with van der Waals surface area (Å²) in [5, 5.41) is 9.89. The molecule has 0 saturated carbocycles. The van der Waals surface area contributed by atoms with E-state index in [1.165, 1.54) is 58.5 Å². The largest absolute Gasteiger partial charge is 1.00 e. The summed E-state index contributed by atoms with van der Waals surface area (Å²) >= 11 is 0. The van der Waals surface area contributed by atoms with Gasteiger partial charge in [0, 0.05) is 20.0 Å². The van der Waals surface area contributed by atoms with Crippen LogP contribution in [0.4, 0.5) is 0 Å². The van der Waals surface area contributed by atoms with Gasteiger partial charge in [0.1, 0.15) is 12.2 Å². The number of hydrogen-bond acceptors (Lipinski definition) is 13. The van der Waals surface area contributed by atoms with Crippen LogP contribution in [-0.2, 0) is 43.1 Å². The summed E-state index contributed by atoms with van der Waals surface area (Å²) in [4.78, 5) is 30.3. The van der Waals surface area contributed by atoms with Crippen molar-refractivity contribution >= 4 is 22.3 Å². The number of ether oxygens (including phenoxy) is 4. The van der Waals surface area contributed by atoms with Gasteiger partial charge in [0.25, 0.3) is 0 Å². The monoisotopic (exact) mass is 718 g/mol. The molecule has 0 aromatic carbocycles. The Labute approximate surface area is 312 Å². The van der Waals surface area contributed by atoms with Crippen molar-refractivity contribution in [3.63, 3.8) is 0 Å². The molecule has 15 heteroatoms. The predicted octanol–water partition coefficient (Wildman–Crippen LogP) is 1.17. The quantitative estimate of drug-likeness (QED) is 0.0404. The van der Waals surface area contributed by atoms with E-state index in [2.05, 4.69) is 30.7 Å². The molecule has 0 aromatic heterocycles. The molecule has 0 unspecified atom stereocenters. The predicted molar refractivity (Wildman–Crippen MR) is 177 cm³/mol. The Bertz CT molecular complexity index is 947. The normalized spacial score (nSPS) is 21.3. The van der Waals surface area contributed by atoms with Gasteiger partial charge in [-0.15, -0.1) is 0 Å². The molecule has 1 heterocycles. The van der Waals surface area contributed by atoms with Gasteiger partial charge in [-0.2, -0.15) is 0 Å². The average Bonchev–Trinajstić information content (AvgIpc) is 3.02. The number of carbonyl (C=O) groups is 2. The third kappa shape index (κ3) is 21.7. The first kappa shape index (κ1) is 47.6. The van der Waals surface area contributed by atoms with Gasteiger partial charge in [-0.3, -0.25) is 13.8 Å². The zero-order valence-corrected chi connectivity index (χ0v) is 33.4. The van der Waals surface area contributed by atoms with Crippen LogP contribution in [0.15, 0.2) is 0 Å². The van der Waals surface area contributed by atoms with E-state index in [0.29, 0.717) is 12.8 Å². The van der Waals surface area contributed by atoms with E-state index in [-0.39, 0.29) is 42.4 Å². The van der Waals surface area contributed by atoms with E-state index in [1.54, 1.807) is 0 Å². The summed E-state index contributed by atoms with van der Waals surface area (Å²) in [5.41, 5.74) is 0. The SMILES string of the molecule is CCCCCCCN(C)CCCCC(=O)O[C@@H]1[C@@H](OC(=O)CCCCN(C)CCCCCCC)[C@@H](OC)O[C@H](CO)[C@H]1OS(=O)(=O)[O-].[Na+]. The second kappa shape index (κ2) is 28.2. The third-order valence-electron chi connectivity index (χ3n) is 8.40. The van der Waals surface area contributed by atoms with Gasteiger partial charge in [-0.1, -0.05) is 65.2 Å². The van der Waals surface area contributed by atoms with Crippen molar-refractivity contribution < 1.29 is 80.4 Å². The van der Waals surface area contributed by atoms with E-state index in [9.17, 15) is 27.7 Å². The van der Waals surface area contributed by atoms with E-state index in [0.717, 1.165) is 51.9 Å². The van der Waals surface area contributed by atoms with Gasteiger partial charge in [0.2, 0.25) is 10.4 Å². The van der Waals surface area contributed by atoms with Crippen LogP contribution >= 0.6 is 0 Å². The smallest absolute Gasteiger partial charge is 0.726 e. The van der Waals surface area contributed by atoms with E-state index in [1.807, 2.05) is 7.05 Å². The Morgan fingerprint density at radius 1 is 0.708 bits per heavy atom. The zero-order chi connectivity index (χ0) is 35.1. The maximum Gasteiger partial charge on any atom is 1.00 e. The van der Waals surface area contributed by atoms with Crippen molar-refractivity contribution in [3.8, 4) is 0 Å². The molecule has 1 saturated heterocycles. The minimum absolute atomic E-state index is 0. The van der Waals surface area contributed by atoms with Gasteiger partial charge in [-0.25, -0.2) is 8.42 Å². The fourth-order valence-electron chi connectivity index (χ4n) is 5.64. The Kier molecular flexibility index (Phi) is 28.0. The van der Waals surface area contributed by atoms with Gasteiger partial charge >= 0.3 is 41.5 Å². The first-order chi connectivity index (χ1) is 22.4. The molecule has 0 bridgehead atoms. The minimum atomic E-state index is -5.32. The second-order valence-corrected chi connectivity index (χ2v) is 13.7. The number of hydrogen-bond donors (Lipinski definition) is 1. The first-order valence-electron chi connectivity index (χ1n) is 17.6. The molecule has 1 N–H and O–H groups in total. The van der Waals surface area contributed by atoms with Crippen LogP contribution in [0.5, 0.6) is 0 Å². The van der Waals surface area contributed by atoms with Crippen molar-refractivity contribution in [1.82, 2.24) is 9.80 Å². The molecular weight excluding hydrogens is 655 g/mol. The van der Waals surface area contributed by atoms with Crippen LogP contribution in [0.1, 0.15) is 117 Å².